The lowest BCUT2D eigenvalue weighted by Gasteiger charge is -2.24. The van der Waals surface area contributed by atoms with Crippen LogP contribution in [0.1, 0.15) is 0 Å². The standard InChI is InChI=1S/C16H27N5O/c1-6-7-18-12-19-14-10-13(17)15(11-16(14)22-5)21(4)9-8-20(2)3/h6-7,10-11,19H,1,8-9,12,17H2,2-5H3/b18-7-. The Labute approximate surface area is 133 Å². The Morgan fingerprint density at radius 2 is 2.05 bits per heavy atom. The first-order valence-electron chi connectivity index (χ1n) is 7.17. The molecule has 0 aliphatic carbocycles. The molecule has 1 aromatic carbocycles. The van der Waals surface area contributed by atoms with Crippen molar-refractivity contribution in [1.29, 1.82) is 0 Å². The highest BCUT2D eigenvalue weighted by molar-refractivity contribution is 5.77. The van der Waals surface area contributed by atoms with Gasteiger partial charge >= 0.3 is 0 Å². The van der Waals surface area contributed by atoms with E-state index in [1.165, 1.54) is 0 Å². The summed E-state index contributed by atoms with van der Waals surface area (Å²) in [5, 5.41) is 3.18. The van der Waals surface area contributed by atoms with Crippen LogP contribution in [0.3, 0.4) is 0 Å². The van der Waals surface area contributed by atoms with Gasteiger partial charge in [-0.1, -0.05) is 12.7 Å². The topological polar surface area (TPSA) is 66.1 Å². The molecule has 22 heavy (non-hydrogen) atoms. The number of nitrogens with one attached hydrogen (secondary N) is 1. The first-order valence-corrected chi connectivity index (χ1v) is 7.17. The Balaban J connectivity index is 2.89. The van der Waals surface area contributed by atoms with E-state index in [1.807, 2.05) is 19.2 Å². The third kappa shape index (κ3) is 5.29. The van der Waals surface area contributed by atoms with E-state index >= 15 is 0 Å². The van der Waals surface area contributed by atoms with Crippen LogP contribution in [-0.4, -0.2) is 59.1 Å². The zero-order valence-corrected chi connectivity index (χ0v) is 14.0. The normalized spacial score (nSPS) is 11.0. The number of nitrogens with zero attached hydrogens (tertiary/aromatic N) is 3. The Morgan fingerprint density at radius 3 is 2.64 bits per heavy atom. The number of allylic oxidation sites excluding steroid dienone is 1. The van der Waals surface area contributed by atoms with Crippen molar-refractivity contribution in [3.63, 3.8) is 0 Å². The van der Waals surface area contributed by atoms with Gasteiger partial charge in [0.25, 0.3) is 0 Å². The van der Waals surface area contributed by atoms with Gasteiger partial charge in [0.15, 0.2) is 0 Å². The lowest BCUT2D eigenvalue weighted by atomic mass is 10.2. The quantitative estimate of drug-likeness (QED) is 0.539. The van der Waals surface area contributed by atoms with Crippen molar-refractivity contribution < 1.29 is 4.74 Å². The van der Waals surface area contributed by atoms with E-state index < -0.39 is 0 Å². The highest BCUT2D eigenvalue weighted by Gasteiger charge is 2.12. The summed E-state index contributed by atoms with van der Waals surface area (Å²) in [6.07, 6.45) is 3.28. The number of ether oxygens (including phenoxy) is 1. The molecule has 0 aliphatic heterocycles. The summed E-state index contributed by atoms with van der Waals surface area (Å²) in [6.45, 7) is 5.86. The molecule has 0 aromatic heterocycles. The number of nitrogen functional groups attached to an aromatic ring is 1. The predicted octanol–water partition coefficient (Wildman–Crippen LogP) is 1.90. The number of methoxy groups -OCH3 is 1. The number of benzene rings is 1. The van der Waals surface area contributed by atoms with Crippen molar-refractivity contribution in [2.45, 2.75) is 0 Å². The van der Waals surface area contributed by atoms with Crippen molar-refractivity contribution in [3.8, 4) is 5.75 Å². The Morgan fingerprint density at radius 1 is 1.32 bits per heavy atom. The molecule has 1 aromatic rings. The van der Waals surface area contributed by atoms with Crippen LogP contribution in [0.2, 0.25) is 0 Å². The fourth-order valence-corrected chi connectivity index (χ4v) is 1.95. The molecule has 122 valence electrons. The molecule has 0 radical (unpaired) electrons. The number of hydrogen-bond acceptors (Lipinski definition) is 6. The van der Waals surface area contributed by atoms with Gasteiger partial charge in [-0.25, -0.2) is 0 Å². The average Bonchev–Trinajstić information content (AvgIpc) is 2.49. The van der Waals surface area contributed by atoms with Gasteiger partial charge in [-0.15, -0.1) is 0 Å². The summed E-state index contributed by atoms with van der Waals surface area (Å²) >= 11 is 0. The van der Waals surface area contributed by atoms with Crippen LogP contribution < -0.4 is 20.7 Å². The van der Waals surface area contributed by atoms with E-state index in [4.69, 9.17) is 10.5 Å². The highest BCUT2D eigenvalue weighted by atomic mass is 16.5. The van der Waals surface area contributed by atoms with E-state index in [0.29, 0.717) is 12.4 Å². The molecule has 0 aliphatic rings. The molecular weight excluding hydrogens is 278 g/mol. The van der Waals surface area contributed by atoms with E-state index in [1.54, 1.807) is 19.4 Å². The fraction of sp³-hybridized carbons (Fsp3) is 0.438. The molecule has 0 heterocycles. The van der Waals surface area contributed by atoms with Gasteiger partial charge in [-0.3, -0.25) is 4.99 Å². The molecular formula is C16H27N5O. The van der Waals surface area contributed by atoms with Crippen molar-refractivity contribution in [2.75, 3.05) is 64.0 Å². The van der Waals surface area contributed by atoms with E-state index in [2.05, 4.69) is 40.8 Å². The SMILES string of the molecule is C=C/C=N\CNc1cc(N)c(N(C)CCN(C)C)cc1OC. The molecule has 0 amide bonds. The van der Waals surface area contributed by atoms with Crippen LogP contribution in [0.4, 0.5) is 17.1 Å². The maximum atomic E-state index is 6.18. The average molecular weight is 305 g/mol. The Kier molecular flexibility index (Phi) is 7.25. The van der Waals surface area contributed by atoms with Crippen LogP contribution >= 0.6 is 0 Å². The van der Waals surface area contributed by atoms with Gasteiger partial charge in [0.05, 0.1) is 24.2 Å². The van der Waals surface area contributed by atoms with Crippen LogP contribution in [0, 0.1) is 0 Å². The van der Waals surface area contributed by atoms with Crippen molar-refractivity contribution in [1.82, 2.24) is 4.90 Å². The van der Waals surface area contributed by atoms with Crippen LogP contribution in [0.15, 0.2) is 29.8 Å². The summed E-state index contributed by atoms with van der Waals surface area (Å²) in [6, 6.07) is 3.83. The van der Waals surface area contributed by atoms with Crippen LogP contribution in [-0.2, 0) is 0 Å². The molecule has 6 nitrogen and oxygen atoms in total. The second kappa shape index (κ2) is 8.94. The Bertz CT molecular complexity index is 514. The molecule has 1 rings (SSSR count). The monoisotopic (exact) mass is 305 g/mol. The molecule has 0 unspecified atom stereocenters. The molecule has 6 heteroatoms. The third-order valence-corrected chi connectivity index (χ3v) is 3.21. The number of rotatable bonds is 9. The maximum absolute atomic E-state index is 6.18. The molecule has 0 bridgehead atoms. The number of hydrogen-bond donors (Lipinski definition) is 2. The zero-order valence-electron chi connectivity index (χ0n) is 14.0. The number of likely N-dealkylation sites (N-methyl/N-ethyl adjacent to an activating group) is 2. The predicted molar refractivity (Wildman–Crippen MR) is 96.4 cm³/mol. The van der Waals surface area contributed by atoms with E-state index in [-0.39, 0.29) is 0 Å². The zero-order chi connectivity index (χ0) is 16.5. The van der Waals surface area contributed by atoms with Crippen molar-refractivity contribution >= 4 is 23.3 Å². The molecule has 0 saturated heterocycles. The van der Waals surface area contributed by atoms with Crippen LogP contribution in [0.5, 0.6) is 5.75 Å². The number of anilines is 3. The largest absolute Gasteiger partial charge is 0.495 e. The summed E-state index contributed by atoms with van der Waals surface area (Å²) < 4.78 is 5.45. The van der Waals surface area contributed by atoms with Crippen molar-refractivity contribution in [2.24, 2.45) is 4.99 Å². The minimum Gasteiger partial charge on any atom is -0.495 e. The smallest absolute Gasteiger partial charge is 0.144 e. The van der Waals surface area contributed by atoms with Gasteiger partial charge in [0, 0.05) is 32.4 Å². The number of aliphatic imine (C=N–C) groups is 1. The minimum atomic E-state index is 0.442. The van der Waals surface area contributed by atoms with Gasteiger partial charge in [0.2, 0.25) is 0 Å². The van der Waals surface area contributed by atoms with E-state index in [9.17, 15) is 0 Å². The molecule has 3 N–H and O–H groups in total. The molecule has 0 atom stereocenters. The molecule has 0 fully saturated rings. The number of nitrogens with two attached hydrogens (primary N) is 1. The second-order valence-electron chi connectivity index (χ2n) is 5.24. The fourth-order valence-electron chi connectivity index (χ4n) is 1.95. The Hall–Kier alpha value is -2.21. The lowest BCUT2D eigenvalue weighted by molar-refractivity contribution is 0.413. The van der Waals surface area contributed by atoms with Gasteiger partial charge in [-0.2, -0.15) is 0 Å². The van der Waals surface area contributed by atoms with Gasteiger partial charge in [0.1, 0.15) is 12.4 Å². The first kappa shape index (κ1) is 17.8. The minimum absolute atomic E-state index is 0.442. The third-order valence-electron chi connectivity index (χ3n) is 3.21. The van der Waals surface area contributed by atoms with Crippen LogP contribution in [0.25, 0.3) is 0 Å². The van der Waals surface area contributed by atoms with Gasteiger partial charge in [-0.05, 0) is 20.2 Å². The first-order chi connectivity index (χ1) is 10.5. The second-order valence-corrected chi connectivity index (χ2v) is 5.24. The summed E-state index contributed by atoms with van der Waals surface area (Å²) in [5.74, 6) is 0.745. The molecule has 0 saturated carbocycles. The lowest BCUT2D eigenvalue weighted by Crippen LogP contribution is -2.29. The maximum Gasteiger partial charge on any atom is 0.144 e. The summed E-state index contributed by atoms with van der Waals surface area (Å²) in [4.78, 5) is 8.39. The molecule has 0 spiro atoms. The highest BCUT2D eigenvalue weighted by Crippen LogP contribution is 2.34. The van der Waals surface area contributed by atoms with Gasteiger partial charge < -0.3 is 25.6 Å². The summed E-state index contributed by atoms with van der Waals surface area (Å²) in [5.41, 5.74) is 8.67. The van der Waals surface area contributed by atoms with E-state index in [0.717, 1.165) is 30.2 Å². The summed E-state index contributed by atoms with van der Waals surface area (Å²) in [7, 11) is 7.77. The van der Waals surface area contributed by atoms with Crippen molar-refractivity contribution in [3.05, 3.63) is 24.8 Å².